The van der Waals surface area contributed by atoms with E-state index in [1.165, 1.54) is 0 Å². The fraction of sp³-hybridized carbons (Fsp3) is 0.0435. The first-order valence-corrected chi connectivity index (χ1v) is 10.2. The van der Waals surface area contributed by atoms with Gasteiger partial charge in [0.15, 0.2) is 11.5 Å². The summed E-state index contributed by atoms with van der Waals surface area (Å²) in [6, 6.07) is 22.6. The molecule has 6 nitrogen and oxygen atoms in total. The molecular formula is C23H17N3O3S. The SMILES string of the molecule is O=C(Nc1ccc(-c2csc(-c3ccccc3)n2)cc1)Nc1ccc2c(c1)OCO2. The molecule has 0 spiro atoms. The topological polar surface area (TPSA) is 72.5 Å². The Balaban J connectivity index is 1.24. The van der Waals surface area contributed by atoms with Crippen molar-refractivity contribution < 1.29 is 14.3 Å². The molecule has 0 radical (unpaired) electrons. The molecule has 4 aromatic rings. The molecule has 0 saturated carbocycles. The van der Waals surface area contributed by atoms with E-state index in [2.05, 4.69) is 10.6 Å². The average molecular weight is 415 g/mol. The Morgan fingerprint density at radius 3 is 2.40 bits per heavy atom. The summed E-state index contributed by atoms with van der Waals surface area (Å²) in [4.78, 5) is 17.0. The molecule has 2 N–H and O–H groups in total. The zero-order chi connectivity index (χ0) is 20.3. The Kier molecular flexibility index (Phi) is 4.78. The molecule has 5 rings (SSSR count). The van der Waals surface area contributed by atoms with Gasteiger partial charge in [-0.15, -0.1) is 11.3 Å². The number of benzene rings is 3. The number of ether oxygens (including phenoxy) is 2. The van der Waals surface area contributed by atoms with Crippen LogP contribution in [0, 0.1) is 0 Å². The summed E-state index contributed by atoms with van der Waals surface area (Å²) in [6.07, 6.45) is 0. The molecule has 2 heterocycles. The first-order valence-electron chi connectivity index (χ1n) is 9.34. The second kappa shape index (κ2) is 7.88. The Morgan fingerprint density at radius 2 is 1.57 bits per heavy atom. The molecule has 7 heteroatoms. The van der Waals surface area contributed by atoms with Crippen LogP contribution in [0.5, 0.6) is 11.5 Å². The highest BCUT2D eigenvalue weighted by Crippen LogP contribution is 2.34. The van der Waals surface area contributed by atoms with E-state index in [1.54, 1.807) is 29.5 Å². The lowest BCUT2D eigenvalue weighted by Crippen LogP contribution is -2.19. The molecular weight excluding hydrogens is 398 g/mol. The number of carbonyl (C=O) groups is 1. The van der Waals surface area contributed by atoms with Crippen LogP contribution >= 0.6 is 11.3 Å². The van der Waals surface area contributed by atoms with Crippen LogP contribution in [0.2, 0.25) is 0 Å². The summed E-state index contributed by atoms with van der Waals surface area (Å²) in [6.45, 7) is 0.198. The van der Waals surface area contributed by atoms with Crippen LogP contribution in [0.4, 0.5) is 16.2 Å². The van der Waals surface area contributed by atoms with Gasteiger partial charge >= 0.3 is 6.03 Å². The summed E-state index contributed by atoms with van der Waals surface area (Å²) in [5, 5.41) is 8.64. The molecule has 0 bridgehead atoms. The Bertz CT molecular complexity index is 1190. The number of carbonyl (C=O) groups excluding carboxylic acids is 1. The van der Waals surface area contributed by atoms with Crippen molar-refractivity contribution in [1.82, 2.24) is 4.98 Å². The number of rotatable bonds is 4. The number of amides is 2. The standard InChI is InChI=1S/C23H17N3O3S/c27-23(25-18-10-11-20-21(12-18)29-14-28-20)24-17-8-6-15(7-9-17)19-13-30-22(26-19)16-4-2-1-3-5-16/h1-13H,14H2,(H2,24,25,27). The van der Waals surface area contributed by atoms with Crippen molar-refractivity contribution in [1.29, 1.82) is 0 Å². The highest BCUT2D eigenvalue weighted by molar-refractivity contribution is 7.13. The van der Waals surface area contributed by atoms with Crippen LogP contribution in [0.15, 0.2) is 78.2 Å². The van der Waals surface area contributed by atoms with Crippen LogP contribution in [-0.4, -0.2) is 17.8 Å². The van der Waals surface area contributed by atoms with Crippen LogP contribution in [0.3, 0.4) is 0 Å². The largest absolute Gasteiger partial charge is 0.454 e. The van der Waals surface area contributed by atoms with Gasteiger partial charge in [0.05, 0.1) is 5.69 Å². The molecule has 3 aromatic carbocycles. The minimum atomic E-state index is -0.332. The number of aromatic nitrogens is 1. The lowest BCUT2D eigenvalue weighted by molar-refractivity contribution is 0.174. The highest BCUT2D eigenvalue weighted by Gasteiger charge is 2.14. The van der Waals surface area contributed by atoms with Crippen molar-refractivity contribution >= 4 is 28.7 Å². The van der Waals surface area contributed by atoms with Gasteiger partial charge < -0.3 is 20.1 Å². The van der Waals surface area contributed by atoms with Crippen molar-refractivity contribution in [3.05, 3.63) is 78.2 Å². The lowest BCUT2D eigenvalue weighted by Gasteiger charge is -2.08. The summed E-state index contributed by atoms with van der Waals surface area (Å²) in [7, 11) is 0. The number of nitrogens with one attached hydrogen (secondary N) is 2. The van der Waals surface area contributed by atoms with Crippen molar-refractivity contribution in [2.24, 2.45) is 0 Å². The molecule has 0 atom stereocenters. The second-order valence-electron chi connectivity index (χ2n) is 6.63. The first-order chi connectivity index (χ1) is 14.7. The van der Waals surface area contributed by atoms with E-state index in [0.29, 0.717) is 22.9 Å². The van der Waals surface area contributed by atoms with Crippen molar-refractivity contribution in [3.63, 3.8) is 0 Å². The second-order valence-corrected chi connectivity index (χ2v) is 7.49. The van der Waals surface area contributed by atoms with E-state index < -0.39 is 0 Å². The molecule has 1 aliphatic heterocycles. The minimum Gasteiger partial charge on any atom is -0.454 e. The van der Waals surface area contributed by atoms with Gasteiger partial charge in [-0.25, -0.2) is 9.78 Å². The molecule has 2 amide bonds. The Hall–Kier alpha value is -3.84. The van der Waals surface area contributed by atoms with Crippen molar-refractivity contribution in [3.8, 4) is 33.3 Å². The molecule has 1 aromatic heterocycles. The minimum absolute atomic E-state index is 0.198. The molecule has 0 fully saturated rings. The highest BCUT2D eigenvalue weighted by atomic mass is 32.1. The molecule has 148 valence electrons. The van der Waals surface area contributed by atoms with Gasteiger partial charge in [0.2, 0.25) is 6.79 Å². The number of urea groups is 1. The zero-order valence-electron chi connectivity index (χ0n) is 15.8. The fourth-order valence-electron chi connectivity index (χ4n) is 3.11. The summed E-state index contributed by atoms with van der Waals surface area (Å²) in [5.74, 6) is 1.30. The number of nitrogens with zero attached hydrogens (tertiary/aromatic N) is 1. The van der Waals surface area contributed by atoms with Crippen LogP contribution < -0.4 is 20.1 Å². The third-order valence-electron chi connectivity index (χ3n) is 4.59. The lowest BCUT2D eigenvalue weighted by atomic mass is 10.1. The molecule has 30 heavy (non-hydrogen) atoms. The first kappa shape index (κ1) is 18.2. The molecule has 0 unspecified atom stereocenters. The maximum absolute atomic E-state index is 12.3. The Morgan fingerprint density at radius 1 is 0.833 bits per heavy atom. The average Bonchev–Trinajstić information content (AvgIpc) is 3.44. The summed E-state index contributed by atoms with van der Waals surface area (Å²) < 4.78 is 10.6. The third kappa shape index (κ3) is 3.83. The van der Waals surface area contributed by atoms with E-state index in [-0.39, 0.29) is 12.8 Å². The maximum atomic E-state index is 12.3. The summed E-state index contributed by atoms with van der Waals surface area (Å²) >= 11 is 1.61. The van der Waals surface area contributed by atoms with Gasteiger partial charge in [-0.1, -0.05) is 42.5 Å². The molecule has 1 aliphatic rings. The van der Waals surface area contributed by atoms with Gasteiger partial charge in [0.25, 0.3) is 0 Å². The third-order valence-corrected chi connectivity index (χ3v) is 5.49. The van der Waals surface area contributed by atoms with Gasteiger partial charge in [-0.05, 0) is 24.3 Å². The van der Waals surface area contributed by atoms with E-state index in [1.807, 2.05) is 60.0 Å². The maximum Gasteiger partial charge on any atom is 0.323 e. The molecule has 0 saturated heterocycles. The predicted molar refractivity (Wildman–Crippen MR) is 118 cm³/mol. The number of thiazole rings is 1. The number of fused-ring (bicyclic) bond motifs is 1. The van der Waals surface area contributed by atoms with Gasteiger partial charge in [-0.3, -0.25) is 0 Å². The summed E-state index contributed by atoms with van der Waals surface area (Å²) in [5.41, 5.74) is 4.33. The normalized spacial score (nSPS) is 11.9. The Labute approximate surface area is 177 Å². The quantitative estimate of drug-likeness (QED) is 0.439. The fourth-order valence-corrected chi connectivity index (χ4v) is 3.95. The van der Waals surface area contributed by atoms with Gasteiger partial charge in [-0.2, -0.15) is 0 Å². The van der Waals surface area contributed by atoms with Gasteiger partial charge in [0, 0.05) is 33.9 Å². The smallest absolute Gasteiger partial charge is 0.323 e. The van der Waals surface area contributed by atoms with E-state index in [9.17, 15) is 4.79 Å². The number of hydrogen-bond donors (Lipinski definition) is 2. The number of anilines is 2. The van der Waals surface area contributed by atoms with E-state index in [4.69, 9.17) is 14.5 Å². The molecule has 0 aliphatic carbocycles. The van der Waals surface area contributed by atoms with Crippen LogP contribution in [0.1, 0.15) is 0 Å². The van der Waals surface area contributed by atoms with E-state index in [0.717, 1.165) is 21.8 Å². The van der Waals surface area contributed by atoms with E-state index >= 15 is 0 Å². The van der Waals surface area contributed by atoms with Crippen molar-refractivity contribution in [2.45, 2.75) is 0 Å². The van der Waals surface area contributed by atoms with Crippen LogP contribution in [0.25, 0.3) is 21.8 Å². The van der Waals surface area contributed by atoms with Gasteiger partial charge in [0.1, 0.15) is 5.01 Å². The van der Waals surface area contributed by atoms with Crippen molar-refractivity contribution in [2.75, 3.05) is 17.4 Å². The predicted octanol–water partition coefficient (Wildman–Crippen LogP) is 5.85. The van der Waals surface area contributed by atoms with Crippen LogP contribution in [-0.2, 0) is 0 Å². The zero-order valence-corrected chi connectivity index (χ0v) is 16.6. The monoisotopic (exact) mass is 415 g/mol. The number of hydrogen-bond acceptors (Lipinski definition) is 5.